The molecule has 132 valence electrons. The zero-order valence-corrected chi connectivity index (χ0v) is 15.3. The van der Waals surface area contributed by atoms with Gasteiger partial charge in [0.25, 0.3) is 5.91 Å². The number of likely N-dealkylation sites (tertiary alicyclic amines) is 1. The second-order valence-corrected chi connectivity index (χ2v) is 7.13. The van der Waals surface area contributed by atoms with Crippen LogP contribution in [0, 0.1) is 13.8 Å². The van der Waals surface area contributed by atoms with Crippen LogP contribution in [0.1, 0.15) is 39.9 Å². The van der Waals surface area contributed by atoms with Crippen LogP contribution in [0.5, 0.6) is 0 Å². The summed E-state index contributed by atoms with van der Waals surface area (Å²) in [5.74, 6) is 0.175. The number of nitrogens with one attached hydrogen (secondary N) is 1. The molecule has 3 rings (SSSR count). The molecular weight excluding hydrogens is 308 g/mol. The Morgan fingerprint density at radius 2 is 1.68 bits per heavy atom. The van der Waals surface area contributed by atoms with Crippen molar-refractivity contribution >= 4 is 5.91 Å². The SMILES string of the molecule is Cc1cc(C)cc(C(=O)N2CCC(NCCc3ccccc3)CC2)c1. The monoisotopic (exact) mass is 336 g/mol. The highest BCUT2D eigenvalue weighted by atomic mass is 16.2. The average Bonchev–Trinajstić information content (AvgIpc) is 2.62. The summed E-state index contributed by atoms with van der Waals surface area (Å²) in [5, 5.41) is 3.65. The van der Waals surface area contributed by atoms with E-state index in [9.17, 15) is 4.79 Å². The highest BCUT2D eigenvalue weighted by Crippen LogP contribution is 2.16. The van der Waals surface area contributed by atoms with Crippen molar-refractivity contribution < 1.29 is 4.79 Å². The molecule has 0 saturated carbocycles. The van der Waals surface area contributed by atoms with Gasteiger partial charge in [-0.3, -0.25) is 4.79 Å². The molecule has 0 aromatic heterocycles. The fourth-order valence-electron chi connectivity index (χ4n) is 3.63. The van der Waals surface area contributed by atoms with Gasteiger partial charge in [0.1, 0.15) is 0 Å². The molecule has 25 heavy (non-hydrogen) atoms. The van der Waals surface area contributed by atoms with E-state index in [1.54, 1.807) is 0 Å². The molecule has 1 saturated heterocycles. The minimum absolute atomic E-state index is 0.175. The number of rotatable bonds is 5. The summed E-state index contributed by atoms with van der Waals surface area (Å²) in [7, 11) is 0. The molecule has 0 bridgehead atoms. The molecule has 1 aliphatic heterocycles. The Bertz CT molecular complexity index is 683. The van der Waals surface area contributed by atoms with Crippen molar-refractivity contribution in [1.82, 2.24) is 10.2 Å². The third-order valence-corrected chi connectivity index (χ3v) is 4.94. The van der Waals surface area contributed by atoms with Gasteiger partial charge in [-0.05, 0) is 57.4 Å². The number of benzene rings is 2. The maximum absolute atomic E-state index is 12.7. The number of piperidine rings is 1. The number of carbonyl (C=O) groups excluding carboxylic acids is 1. The maximum atomic E-state index is 12.7. The van der Waals surface area contributed by atoms with Crippen LogP contribution in [0.4, 0.5) is 0 Å². The first kappa shape index (κ1) is 17.7. The zero-order valence-electron chi connectivity index (χ0n) is 15.3. The second kappa shape index (κ2) is 8.30. The lowest BCUT2D eigenvalue weighted by atomic mass is 10.0. The third-order valence-electron chi connectivity index (χ3n) is 4.94. The highest BCUT2D eigenvalue weighted by molar-refractivity contribution is 5.94. The summed E-state index contributed by atoms with van der Waals surface area (Å²) in [4.78, 5) is 14.7. The van der Waals surface area contributed by atoms with Gasteiger partial charge in [-0.15, -0.1) is 0 Å². The van der Waals surface area contributed by atoms with Gasteiger partial charge in [0, 0.05) is 24.7 Å². The summed E-state index contributed by atoms with van der Waals surface area (Å²) in [6, 6.07) is 17.2. The first-order valence-electron chi connectivity index (χ1n) is 9.27. The van der Waals surface area contributed by atoms with Crippen molar-refractivity contribution in [3.05, 3.63) is 70.8 Å². The lowest BCUT2D eigenvalue weighted by molar-refractivity contribution is 0.0705. The lowest BCUT2D eigenvalue weighted by Crippen LogP contribution is -2.45. The largest absolute Gasteiger partial charge is 0.339 e. The standard InChI is InChI=1S/C22H28N2O/c1-17-14-18(2)16-20(15-17)22(25)24-12-9-21(10-13-24)23-11-8-19-6-4-3-5-7-19/h3-7,14-16,21,23H,8-13H2,1-2H3. The molecule has 1 amide bonds. The minimum Gasteiger partial charge on any atom is -0.339 e. The molecule has 0 radical (unpaired) electrons. The van der Waals surface area contributed by atoms with E-state index in [-0.39, 0.29) is 5.91 Å². The van der Waals surface area contributed by atoms with Crippen LogP contribution in [0.3, 0.4) is 0 Å². The van der Waals surface area contributed by atoms with E-state index < -0.39 is 0 Å². The number of aryl methyl sites for hydroxylation is 2. The van der Waals surface area contributed by atoms with Crippen LogP contribution in [-0.2, 0) is 6.42 Å². The Balaban J connectivity index is 1.46. The zero-order chi connectivity index (χ0) is 17.6. The molecular formula is C22H28N2O. The molecule has 0 atom stereocenters. The van der Waals surface area contributed by atoms with E-state index in [1.165, 1.54) is 5.56 Å². The van der Waals surface area contributed by atoms with Crippen LogP contribution in [0.2, 0.25) is 0 Å². The van der Waals surface area contributed by atoms with E-state index in [0.717, 1.165) is 55.6 Å². The Hall–Kier alpha value is -2.13. The summed E-state index contributed by atoms with van der Waals surface area (Å²) in [6.45, 7) is 6.78. The van der Waals surface area contributed by atoms with Crippen molar-refractivity contribution in [3.63, 3.8) is 0 Å². The van der Waals surface area contributed by atoms with E-state index in [4.69, 9.17) is 0 Å². The molecule has 1 heterocycles. The fourth-order valence-corrected chi connectivity index (χ4v) is 3.63. The Morgan fingerprint density at radius 1 is 1.04 bits per heavy atom. The quantitative estimate of drug-likeness (QED) is 0.902. The second-order valence-electron chi connectivity index (χ2n) is 7.13. The number of hydrogen-bond acceptors (Lipinski definition) is 2. The van der Waals surface area contributed by atoms with E-state index in [1.807, 2.05) is 30.9 Å². The van der Waals surface area contributed by atoms with Crippen LogP contribution >= 0.6 is 0 Å². The Kier molecular flexibility index (Phi) is 5.87. The van der Waals surface area contributed by atoms with Gasteiger partial charge in [-0.25, -0.2) is 0 Å². The average molecular weight is 336 g/mol. The number of carbonyl (C=O) groups is 1. The molecule has 2 aromatic carbocycles. The molecule has 0 aliphatic carbocycles. The van der Waals surface area contributed by atoms with Crippen molar-refractivity contribution in [3.8, 4) is 0 Å². The van der Waals surface area contributed by atoms with Crippen molar-refractivity contribution in [2.24, 2.45) is 0 Å². The molecule has 1 aliphatic rings. The van der Waals surface area contributed by atoms with E-state index in [0.29, 0.717) is 6.04 Å². The van der Waals surface area contributed by atoms with Crippen molar-refractivity contribution in [2.75, 3.05) is 19.6 Å². The lowest BCUT2D eigenvalue weighted by Gasteiger charge is -2.32. The molecule has 3 heteroatoms. The first-order chi connectivity index (χ1) is 12.1. The predicted molar refractivity (Wildman–Crippen MR) is 103 cm³/mol. The van der Waals surface area contributed by atoms with Crippen LogP contribution < -0.4 is 5.32 Å². The van der Waals surface area contributed by atoms with Gasteiger partial charge in [-0.1, -0.05) is 47.5 Å². The van der Waals surface area contributed by atoms with Gasteiger partial charge >= 0.3 is 0 Å². The van der Waals surface area contributed by atoms with Crippen molar-refractivity contribution in [1.29, 1.82) is 0 Å². The van der Waals surface area contributed by atoms with Gasteiger partial charge < -0.3 is 10.2 Å². The van der Waals surface area contributed by atoms with Gasteiger partial charge in [0.15, 0.2) is 0 Å². The van der Waals surface area contributed by atoms with Crippen molar-refractivity contribution in [2.45, 2.75) is 39.2 Å². The van der Waals surface area contributed by atoms with Gasteiger partial charge in [0.05, 0.1) is 0 Å². The van der Waals surface area contributed by atoms with E-state index in [2.05, 4.69) is 41.7 Å². The third kappa shape index (κ3) is 4.93. The maximum Gasteiger partial charge on any atom is 0.253 e. The topological polar surface area (TPSA) is 32.3 Å². The molecule has 1 fully saturated rings. The first-order valence-corrected chi connectivity index (χ1v) is 9.27. The van der Waals surface area contributed by atoms with Crippen LogP contribution in [0.15, 0.2) is 48.5 Å². The van der Waals surface area contributed by atoms with Crippen LogP contribution in [-0.4, -0.2) is 36.5 Å². The van der Waals surface area contributed by atoms with E-state index >= 15 is 0 Å². The smallest absolute Gasteiger partial charge is 0.253 e. The number of amides is 1. The molecule has 2 aromatic rings. The van der Waals surface area contributed by atoms with Gasteiger partial charge in [-0.2, -0.15) is 0 Å². The molecule has 1 N–H and O–H groups in total. The predicted octanol–water partition coefficient (Wildman–Crippen LogP) is 3.74. The number of hydrogen-bond donors (Lipinski definition) is 1. The summed E-state index contributed by atoms with van der Waals surface area (Å²) >= 11 is 0. The van der Waals surface area contributed by atoms with Gasteiger partial charge in [0.2, 0.25) is 0 Å². The number of nitrogens with zero attached hydrogens (tertiary/aromatic N) is 1. The summed E-state index contributed by atoms with van der Waals surface area (Å²) in [5.41, 5.74) is 4.51. The van der Waals surface area contributed by atoms with Crippen LogP contribution in [0.25, 0.3) is 0 Å². The fraction of sp³-hybridized carbons (Fsp3) is 0.409. The Labute approximate surface area is 151 Å². The summed E-state index contributed by atoms with van der Waals surface area (Å²) < 4.78 is 0. The molecule has 3 nitrogen and oxygen atoms in total. The molecule has 0 spiro atoms. The minimum atomic E-state index is 0.175. The Morgan fingerprint density at radius 3 is 2.32 bits per heavy atom. The highest BCUT2D eigenvalue weighted by Gasteiger charge is 2.23. The molecule has 0 unspecified atom stereocenters. The normalized spacial score (nSPS) is 15.4. The summed E-state index contributed by atoms with van der Waals surface area (Å²) in [6.07, 6.45) is 3.12.